The van der Waals surface area contributed by atoms with Crippen molar-refractivity contribution >= 4 is 23.6 Å². The normalized spacial score (nSPS) is 15.0. The molecular weight excluding hydrogens is 581 g/mol. The van der Waals surface area contributed by atoms with Crippen LogP contribution in [0.4, 0.5) is 47.2 Å². The van der Waals surface area contributed by atoms with Crippen LogP contribution in [0.1, 0.15) is 27.3 Å². The number of urea groups is 1. The first-order chi connectivity index (χ1) is 19.6. The number of aryl methyl sites for hydroxylation is 1. The largest absolute Gasteiger partial charge is 0.430 e. The first-order valence-electron chi connectivity index (χ1n) is 12.2. The summed E-state index contributed by atoms with van der Waals surface area (Å²) in [7, 11) is 0. The number of hydrogen-bond acceptors (Lipinski definition) is 7. The summed E-state index contributed by atoms with van der Waals surface area (Å²) in [6.45, 7) is 2.77. The highest BCUT2D eigenvalue weighted by Crippen LogP contribution is 2.50. The zero-order valence-corrected chi connectivity index (χ0v) is 21.7. The number of rotatable bonds is 6. The fourth-order valence-electron chi connectivity index (χ4n) is 4.24. The van der Waals surface area contributed by atoms with Crippen LogP contribution in [0.15, 0.2) is 47.0 Å². The van der Waals surface area contributed by atoms with E-state index in [9.17, 15) is 45.4 Å². The summed E-state index contributed by atoms with van der Waals surface area (Å²) in [4.78, 5) is 32.0. The summed E-state index contributed by atoms with van der Waals surface area (Å²) in [5.41, 5.74) is -6.14. The molecule has 1 saturated heterocycles. The van der Waals surface area contributed by atoms with Gasteiger partial charge in [0.2, 0.25) is 0 Å². The van der Waals surface area contributed by atoms with Gasteiger partial charge in [-0.1, -0.05) is 29.4 Å². The molecular formula is C25H23F7N6O4. The van der Waals surface area contributed by atoms with E-state index in [4.69, 9.17) is 4.52 Å². The van der Waals surface area contributed by atoms with Crippen LogP contribution in [0.5, 0.6) is 0 Å². The SMILES string of the molecule is Cc1noc(NC(=O)Nc2ccc(C(=O)N3CCN(Cc4ccc(C(O)(C(F)(F)F)C(F)(F)F)cc4)CC3)cc2F)n1. The molecule has 1 fully saturated rings. The van der Waals surface area contributed by atoms with Crippen molar-refractivity contribution in [3.63, 3.8) is 0 Å². The number of benzene rings is 2. The van der Waals surface area contributed by atoms with E-state index in [0.717, 1.165) is 18.2 Å². The Morgan fingerprint density at radius 2 is 1.57 bits per heavy atom. The fourth-order valence-corrected chi connectivity index (χ4v) is 4.24. The van der Waals surface area contributed by atoms with Gasteiger partial charge in [-0.2, -0.15) is 31.3 Å². The lowest BCUT2D eigenvalue weighted by Gasteiger charge is -2.35. The van der Waals surface area contributed by atoms with Gasteiger partial charge >= 0.3 is 24.4 Å². The van der Waals surface area contributed by atoms with E-state index >= 15 is 0 Å². The molecule has 17 heteroatoms. The standard InChI is InChI=1S/C25H23F7N6O4/c1-14-33-22(42-36-14)35-21(40)34-19-7-4-16(12-18(19)26)20(39)38-10-8-37(9-11-38)13-15-2-5-17(6-3-15)23(41,24(27,28)29)25(30,31)32/h2-7,12,41H,8-11,13H2,1H3,(H2,33,34,35,36,40). The third-order valence-corrected chi connectivity index (χ3v) is 6.47. The fraction of sp³-hybridized carbons (Fsp3) is 0.360. The molecule has 0 saturated carbocycles. The molecule has 0 aliphatic carbocycles. The Kier molecular flexibility index (Phi) is 8.45. The Labute approximate surface area is 233 Å². The van der Waals surface area contributed by atoms with Crippen LogP contribution in [0.25, 0.3) is 0 Å². The minimum absolute atomic E-state index is 0.0249. The average Bonchev–Trinajstić information content (AvgIpc) is 3.32. The highest BCUT2D eigenvalue weighted by atomic mass is 19.4. The maximum absolute atomic E-state index is 14.6. The summed E-state index contributed by atoms with van der Waals surface area (Å²) in [5.74, 6) is -1.07. The lowest BCUT2D eigenvalue weighted by Crippen LogP contribution is -2.53. The van der Waals surface area contributed by atoms with E-state index < -0.39 is 41.3 Å². The van der Waals surface area contributed by atoms with Gasteiger partial charge in [0.1, 0.15) is 5.82 Å². The summed E-state index contributed by atoms with van der Waals surface area (Å²) >= 11 is 0. The Bertz CT molecular complexity index is 1420. The van der Waals surface area contributed by atoms with Crippen LogP contribution < -0.4 is 10.6 Å². The molecule has 2 aromatic carbocycles. The number of halogens is 7. The molecule has 0 spiro atoms. The summed E-state index contributed by atoms with van der Waals surface area (Å²) in [6.07, 6.45) is -11.9. The van der Waals surface area contributed by atoms with Gasteiger partial charge in [-0.25, -0.2) is 9.18 Å². The van der Waals surface area contributed by atoms with Crippen molar-refractivity contribution in [3.8, 4) is 0 Å². The number of nitrogens with one attached hydrogen (secondary N) is 2. The smallest absolute Gasteiger partial charge is 0.369 e. The van der Waals surface area contributed by atoms with Crippen LogP contribution in [-0.4, -0.2) is 75.5 Å². The Balaban J connectivity index is 1.31. The molecule has 42 heavy (non-hydrogen) atoms. The number of hydrogen-bond donors (Lipinski definition) is 3. The van der Waals surface area contributed by atoms with Crippen LogP contribution in [0.2, 0.25) is 0 Å². The van der Waals surface area contributed by atoms with Gasteiger partial charge < -0.3 is 19.8 Å². The molecule has 10 nitrogen and oxygen atoms in total. The van der Waals surface area contributed by atoms with Crippen molar-refractivity contribution in [2.75, 3.05) is 36.8 Å². The maximum atomic E-state index is 14.6. The highest BCUT2D eigenvalue weighted by Gasteiger charge is 2.71. The second-order valence-corrected chi connectivity index (χ2v) is 9.39. The van der Waals surface area contributed by atoms with Gasteiger partial charge in [0.05, 0.1) is 5.69 Å². The summed E-state index contributed by atoms with van der Waals surface area (Å²) in [6, 6.07) is 5.76. The monoisotopic (exact) mass is 604 g/mol. The zero-order valence-electron chi connectivity index (χ0n) is 21.7. The number of carbonyl (C=O) groups excluding carboxylic acids is 2. The van der Waals surface area contributed by atoms with Gasteiger partial charge in [0, 0.05) is 43.9 Å². The van der Waals surface area contributed by atoms with Gasteiger partial charge in [-0.05, 0) is 30.7 Å². The molecule has 1 aliphatic rings. The predicted octanol–water partition coefficient (Wildman–Crippen LogP) is 4.43. The number of carbonyl (C=O) groups is 2. The minimum Gasteiger partial charge on any atom is -0.369 e. The molecule has 0 bridgehead atoms. The lowest BCUT2D eigenvalue weighted by molar-refractivity contribution is -0.376. The van der Waals surface area contributed by atoms with Crippen molar-refractivity contribution < 1.29 is 50.0 Å². The van der Waals surface area contributed by atoms with Crippen molar-refractivity contribution in [1.29, 1.82) is 0 Å². The van der Waals surface area contributed by atoms with E-state index in [1.807, 2.05) is 4.90 Å². The number of anilines is 2. The second-order valence-electron chi connectivity index (χ2n) is 9.39. The van der Waals surface area contributed by atoms with Crippen molar-refractivity contribution in [3.05, 3.63) is 70.8 Å². The van der Waals surface area contributed by atoms with E-state index in [2.05, 4.69) is 20.8 Å². The molecule has 3 aromatic rings. The average molecular weight is 604 g/mol. The maximum Gasteiger partial charge on any atom is 0.430 e. The summed E-state index contributed by atoms with van der Waals surface area (Å²) < 4.78 is 97.9. The van der Waals surface area contributed by atoms with Gasteiger partial charge in [-0.3, -0.25) is 15.0 Å². The molecule has 226 valence electrons. The molecule has 1 aliphatic heterocycles. The Morgan fingerprint density at radius 1 is 0.952 bits per heavy atom. The van der Waals surface area contributed by atoms with E-state index in [1.165, 1.54) is 24.0 Å². The molecule has 3 N–H and O–H groups in total. The number of aromatic nitrogens is 2. The Hall–Kier alpha value is -4.25. The summed E-state index contributed by atoms with van der Waals surface area (Å²) in [5, 5.41) is 17.5. The van der Waals surface area contributed by atoms with Crippen LogP contribution in [0, 0.1) is 12.7 Å². The van der Waals surface area contributed by atoms with Crippen molar-refractivity contribution in [2.45, 2.75) is 31.4 Å². The third kappa shape index (κ3) is 6.46. The van der Waals surface area contributed by atoms with Gasteiger partial charge in [-0.15, -0.1) is 0 Å². The van der Waals surface area contributed by atoms with Crippen molar-refractivity contribution in [1.82, 2.24) is 19.9 Å². The molecule has 0 radical (unpaired) electrons. The number of aliphatic hydroxyl groups is 1. The predicted molar refractivity (Wildman–Crippen MR) is 132 cm³/mol. The molecule has 1 aromatic heterocycles. The molecule has 2 heterocycles. The number of amides is 3. The van der Waals surface area contributed by atoms with Crippen molar-refractivity contribution in [2.24, 2.45) is 0 Å². The zero-order chi connectivity index (χ0) is 30.9. The van der Waals surface area contributed by atoms with Crippen LogP contribution in [0.3, 0.4) is 0 Å². The topological polar surface area (TPSA) is 124 Å². The van der Waals surface area contributed by atoms with E-state index in [1.54, 1.807) is 0 Å². The molecule has 4 rings (SSSR count). The molecule has 3 amide bonds. The van der Waals surface area contributed by atoms with E-state index in [0.29, 0.717) is 30.8 Å². The highest BCUT2D eigenvalue weighted by molar-refractivity contribution is 5.99. The number of piperazine rings is 1. The molecule has 0 unspecified atom stereocenters. The molecule has 0 atom stereocenters. The minimum atomic E-state index is -5.97. The van der Waals surface area contributed by atoms with Crippen LogP contribution in [-0.2, 0) is 12.1 Å². The van der Waals surface area contributed by atoms with Gasteiger partial charge in [0.15, 0.2) is 5.82 Å². The second kappa shape index (κ2) is 11.6. The lowest BCUT2D eigenvalue weighted by atomic mass is 9.91. The number of alkyl halides is 6. The van der Waals surface area contributed by atoms with Gasteiger partial charge in [0.25, 0.3) is 11.5 Å². The first kappa shape index (κ1) is 30.7. The quantitative estimate of drug-likeness (QED) is 0.356. The third-order valence-electron chi connectivity index (χ3n) is 6.47. The van der Waals surface area contributed by atoms with Crippen LogP contribution >= 0.6 is 0 Å². The number of nitrogens with zero attached hydrogens (tertiary/aromatic N) is 4. The van der Waals surface area contributed by atoms with E-state index in [-0.39, 0.29) is 42.7 Å². The Morgan fingerprint density at radius 3 is 2.10 bits per heavy atom. The first-order valence-corrected chi connectivity index (χ1v) is 12.2.